The molecule has 2 rings (SSSR count). The van der Waals surface area contributed by atoms with E-state index in [1.165, 1.54) is 19.2 Å². The molecule has 0 saturated heterocycles. The third-order valence-corrected chi connectivity index (χ3v) is 2.89. The van der Waals surface area contributed by atoms with Gasteiger partial charge in [-0.05, 0) is 44.2 Å². The summed E-state index contributed by atoms with van der Waals surface area (Å²) in [4.78, 5) is 12.2. The normalized spacial score (nSPS) is 10.4. The van der Waals surface area contributed by atoms with Gasteiger partial charge in [-0.25, -0.2) is 0 Å². The van der Waals surface area contributed by atoms with Gasteiger partial charge in [0.2, 0.25) is 0 Å². The number of ether oxygens (including phenoxy) is 2. The minimum absolute atomic E-state index is 0.0147. The monoisotopic (exact) mass is 301 g/mol. The van der Waals surface area contributed by atoms with Crippen LogP contribution in [0.3, 0.4) is 0 Å². The van der Waals surface area contributed by atoms with Crippen LogP contribution < -0.4 is 14.8 Å². The second-order valence-electron chi connectivity index (χ2n) is 5.04. The highest BCUT2D eigenvalue weighted by Crippen LogP contribution is 2.29. The molecule has 0 aliphatic carbocycles. The zero-order chi connectivity index (χ0) is 16.1. The number of hydrogen-bond acceptors (Lipinski definition) is 4. The molecule has 0 aliphatic heterocycles. The van der Waals surface area contributed by atoms with Crippen molar-refractivity contribution in [3.05, 3.63) is 48.0 Å². The first-order chi connectivity index (χ1) is 10.5. The maximum atomic E-state index is 12.2. The number of rotatable bonds is 5. The van der Waals surface area contributed by atoms with Crippen LogP contribution in [0.15, 0.2) is 42.5 Å². The van der Waals surface area contributed by atoms with Gasteiger partial charge < -0.3 is 19.9 Å². The summed E-state index contributed by atoms with van der Waals surface area (Å²) in [5.74, 6) is 0.889. The molecule has 1 amide bonds. The SMILES string of the molecule is COc1cc(C(=O)Nc2cccc(O)c2)ccc1OC(C)C. The minimum Gasteiger partial charge on any atom is -0.508 e. The van der Waals surface area contributed by atoms with Crippen molar-refractivity contribution in [3.63, 3.8) is 0 Å². The zero-order valence-electron chi connectivity index (χ0n) is 12.8. The topological polar surface area (TPSA) is 67.8 Å². The maximum absolute atomic E-state index is 12.2. The fourth-order valence-electron chi connectivity index (χ4n) is 1.95. The van der Waals surface area contributed by atoms with Gasteiger partial charge in [0.1, 0.15) is 5.75 Å². The van der Waals surface area contributed by atoms with Crippen LogP contribution in [-0.2, 0) is 0 Å². The molecule has 0 unspecified atom stereocenters. The Morgan fingerprint density at radius 1 is 1.14 bits per heavy atom. The first-order valence-corrected chi connectivity index (χ1v) is 6.94. The van der Waals surface area contributed by atoms with E-state index in [9.17, 15) is 9.90 Å². The summed E-state index contributed by atoms with van der Waals surface area (Å²) in [5, 5.41) is 12.1. The molecule has 2 aromatic carbocycles. The second kappa shape index (κ2) is 6.85. The molecule has 0 fully saturated rings. The van der Waals surface area contributed by atoms with Gasteiger partial charge in [0, 0.05) is 17.3 Å². The molecular weight excluding hydrogens is 282 g/mol. The minimum atomic E-state index is -0.292. The summed E-state index contributed by atoms with van der Waals surface area (Å²) in [6, 6.07) is 11.4. The van der Waals surface area contributed by atoms with E-state index < -0.39 is 0 Å². The summed E-state index contributed by atoms with van der Waals surface area (Å²) in [5.41, 5.74) is 0.961. The number of methoxy groups -OCH3 is 1. The predicted molar refractivity (Wildman–Crippen MR) is 84.8 cm³/mol. The highest BCUT2D eigenvalue weighted by Gasteiger charge is 2.12. The average Bonchev–Trinajstić information content (AvgIpc) is 2.47. The number of hydrogen-bond donors (Lipinski definition) is 2. The highest BCUT2D eigenvalue weighted by molar-refractivity contribution is 6.04. The summed E-state index contributed by atoms with van der Waals surface area (Å²) in [6.45, 7) is 3.84. The Bertz CT molecular complexity index is 667. The number of aromatic hydroxyl groups is 1. The summed E-state index contributed by atoms with van der Waals surface area (Å²) < 4.78 is 10.9. The van der Waals surface area contributed by atoms with Gasteiger partial charge in [-0.3, -0.25) is 4.79 Å². The van der Waals surface area contributed by atoms with E-state index >= 15 is 0 Å². The Morgan fingerprint density at radius 3 is 2.55 bits per heavy atom. The molecule has 5 heteroatoms. The van der Waals surface area contributed by atoms with Crippen molar-refractivity contribution in [3.8, 4) is 17.2 Å². The summed E-state index contributed by atoms with van der Waals surface area (Å²) >= 11 is 0. The smallest absolute Gasteiger partial charge is 0.255 e. The van der Waals surface area contributed by atoms with Crippen LogP contribution in [-0.4, -0.2) is 24.2 Å². The second-order valence-corrected chi connectivity index (χ2v) is 5.04. The number of phenolic OH excluding ortho intramolecular Hbond substituents is 1. The Morgan fingerprint density at radius 2 is 1.91 bits per heavy atom. The number of phenols is 1. The largest absolute Gasteiger partial charge is 0.508 e. The molecule has 0 bridgehead atoms. The van der Waals surface area contributed by atoms with Crippen LogP contribution in [0.25, 0.3) is 0 Å². The van der Waals surface area contributed by atoms with Gasteiger partial charge in [-0.1, -0.05) is 6.07 Å². The van der Waals surface area contributed by atoms with Crippen LogP contribution in [0.4, 0.5) is 5.69 Å². The fraction of sp³-hybridized carbons (Fsp3) is 0.235. The van der Waals surface area contributed by atoms with Gasteiger partial charge in [-0.2, -0.15) is 0 Å². The Balaban J connectivity index is 2.19. The lowest BCUT2D eigenvalue weighted by molar-refractivity contribution is 0.102. The van der Waals surface area contributed by atoms with Gasteiger partial charge >= 0.3 is 0 Å². The molecule has 5 nitrogen and oxygen atoms in total. The first kappa shape index (κ1) is 15.7. The number of carbonyl (C=O) groups excluding carboxylic acids is 1. The third kappa shape index (κ3) is 3.91. The molecule has 0 saturated carbocycles. The summed E-state index contributed by atoms with van der Waals surface area (Å²) in [7, 11) is 1.53. The van der Waals surface area contributed by atoms with Gasteiger partial charge in [0.15, 0.2) is 11.5 Å². The Hall–Kier alpha value is -2.69. The average molecular weight is 301 g/mol. The number of amides is 1. The van der Waals surface area contributed by atoms with Crippen molar-refractivity contribution >= 4 is 11.6 Å². The third-order valence-electron chi connectivity index (χ3n) is 2.89. The van der Waals surface area contributed by atoms with E-state index in [1.807, 2.05) is 13.8 Å². The molecule has 0 aromatic heterocycles. The molecule has 0 aliphatic rings. The van der Waals surface area contributed by atoms with Crippen LogP contribution >= 0.6 is 0 Å². The van der Waals surface area contributed by atoms with E-state index in [4.69, 9.17) is 9.47 Å². The highest BCUT2D eigenvalue weighted by atomic mass is 16.5. The lowest BCUT2D eigenvalue weighted by Crippen LogP contribution is -2.12. The van der Waals surface area contributed by atoms with Crippen LogP contribution in [0.5, 0.6) is 17.2 Å². The van der Waals surface area contributed by atoms with E-state index in [1.54, 1.807) is 30.3 Å². The molecule has 116 valence electrons. The van der Waals surface area contributed by atoms with Crippen LogP contribution in [0, 0.1) is 0 Å². The molecule has 2 aromatic rings. The molecule has 0 atom stereocenters. The van der Waals surface area contributed by atoms with Crippen molar-refractivity contribution in [2.75, 3.05) is 12.4 Å². The van der Waals surface area contributed by atoms with Gasteiger partial charge in [0.25, 0.3) is 5.91 Å². The standard InChI is InChI=1S/C17H19NO4/c1-11(2)22-15-8-7-12(9-16(15)21-3)17(20)18-13-5-4-6-14(19)10-13/h4-11,19H,1-3H3,(H,18,20). The Kier molecular flexibility index (Phi) is 4.88. The van der Waals surface area contributed by atoms with E-state index in [0.717, 1.165) is 0 Å². The van der Waals surface area contributed by atoms with Crippen molar-refractivity contribution in [1.29, 1.82) is 0 Å². The van der Waals surface area contributed by atoms with Gasteiger partial charge in [0.05, 0.1) is 13.2 Å². The van der Waals surface area contributed by atoms with Crippen molar-refractivity contribution in [2.45, 2.75) is 20.0 Å². The first-order valence-electron chi connectivity index (χ1n) is 6.94. The maximum Gasteiger partial charge on any atom is 0.255 e. The molecular formula is C17H19NO4. The summed E-state index contributed by atoms with van der Waals surface area (Å²) in [6.07, 6.45) is 0.0147. The lowest BCUT2D eigenvalue weighted by atomic mass is 10.1. The number of nitrogens with one attached hydrogen (secondary N) is 1. The van der Waals surface area contributed by atoms with E-state index in [2.05, 4.69) is 5.32 Å². The number of anilines is 1. The van der Waals surface area contributed by atoms with Crippen molar-refractivity contribution in [2.24, 2.45) is 0 Å². The predicted octanol–water partition coefficient (Wildman–Crippen LogP) is 3.44. The molecule has 0 heterocycles. The van der Waals surface area contributed by atoms with Crippen molar-refractivity contribution in [1.82, 2.24) is 0 Å². The quantitative estimate of drug-likeness (QED) is 0.887. The molecule has 0 spiro atoms. The number of benzene rings is 2. The van der Waals surface area contributed by atoms with Crippen molar-refractivity contribution < 1.29 is 19.4 Å². The van der Waals surface area contributed by atoms with Gasteiger partial charge in [-0.15, -0.1) is 0 Å². The molecule has 2 N–H and O–H groups in total. The van der Waals surface area contributed by atoms with Crippen LogP contribution in [0.2, 0.25) is 0 Å². The van der Waals surface area contributed by atoms with E-state index in [-0.39, 0.29) is 17.8 Å². The molecule has 0 radical (unpaired) electrons. The number of carbonyl (C=O) groups is 1. The van der Waals surface area contributed by atoms with Crippen LogP contribution in [0.1, 0.15) is 24.2 Å². The Labute approximate surface area is 129 Å². The van der Waals surface area contributed by atoms with E-state index in [0.29, 0.717) is 22.7 Å². The zero-order valence-corrected chi connectivity index (χ0v) is 12.8. The lowest BCUT2D eigenvalue weighted by Gasteiger charge is -2.14. The fourth-order valence-corrected chi connectivity index (χ4v) is 1.95. The molecule has 22 heavy (non-hydrogen) atoms.